The van der Waals surface area contributed by atoms with Crippen molar-refractivity contribution in [1.29, 1.82) is 0 Å². The summed E-state index contributed by atoms with van der Waals surface area (Å²) in [5.74, 6) is 0.162. The number of benzene rings is 1. The van der Waals surface area contributed by atoms with Crippen LogP contribution in [0.5, 0.6) is 0 Å². The van der Waals surface area contributed by atoms with Crippen molar-refractivity contribution in [2.24, 2.45) is 0 Å². The van der Waals surface area contributed by atoms with Crippen LogP contribution in [0.2, 0.25) is 0 Å². The maximum atomic E-state index is 13.5. The first-order valence-electron chi connectivity index (χ1n) is 5.07. The van der Waals surface area contributed by atoms with Crippen molar-refractivity contribution in [2.45, 2.75) is 37.8 Å². The summed E-state index contributed by atoms with van der Waals surface area (Å²) in [5.41, 5.74) is 1.18. The number of rotatable bonds is 1. The van der Waals surface area contributed by atoms with Crippen LogP contribution in [0, 0.1) is 0 Å². The Kier molecular flexibility index (Phi) is 2.62. The molecule has 0 nitrogen and oxygen atoms in total. The molecule has 2 atom stereocenters. The summed E-state index contributed by atoms with van der Waals surface area (Å²) in [6.45, 7) is 0. The summed E-state index contributed by atoms with van der Waals surface area (Å²) >= 11 is 0. The van der Waals surface area contributed by atoms with Crippen molar-refractivity contribution in [3.63, 3.8) is 0 Å². The van der Waals surface area contributed by atoms with Gasteiger partial charge in [-0.25, -0.2) is 4.39 Å². The Bertz CT molecular complexity index is 255. The van der Waals surface area contributed by atoms with Gasteiger partial charge < -0.3 is 0 Å². The second kappa shape index (κ2) is 3.91. The summed E-state index contributed by atoms with van der Waals surface area (Å²) in [6, 6.07) is 10.1. The SMILES string of the molecule is FC1CCCCC1c1ccccc1. The maximum Gasteiger partial charge on any atom is 0.107 e. The van der Waals surface area contributed by atoms with Crippen LogP contribution in [0.25, 0.3) is 0 Å². The molecule has 1 aromatic rings. The van der Waals surface area contributed by atoms with Gasteiger partial charge >= 0.3 is 0 Å². The van der Waals surface area contributed by atoms with Crippen LogP contribution < -0.4 is 0 Å². The molecule has 1 saturated carbocycles. The normalized spacial score (nSPS) is 28.7. The van der Waals surface area contributed by atoms with Gasteiger partial charge in [0.1, 0.15) is 6.17 Å². The lowest BCUT2D eigenvalue weighted by Crippen LogP contribution is -2.18. The van der Waals surface area contributed by atoms with E-state index in [0.29, 0.717) is 0 Å². The second-order valence-electron chi connectivity index (χ2n) is 3.82. The predicted molar refractivity (Wildman–Crippen MR) is 52.5 cm³/mol. The van der Waals surface area contributed by atoms with Crippen molar-refractivity contribution in [3.05, 3.63) is 35.9 Å². The maximum absolute atomic E-state index is 13.5. The first-order chi connectivity index (χ1) is 6.38. The minimum Gasteiger partial charge on any atom is -0.247 e. The molecular formula is C12H15F. The van der Waals surface area contributed by atoms with E-state index in [-0.39, 0.29) is 5.92 Å². The molecule has 0 amide bonds. The van der Waals surface area contributed by atoms with E-state index in [2.05, 4.69) is 0 Å². The molecule has 0 aromatic heterocycles. The van der Waals surface area contributed by atoms with Gasteiger partial charge in [-0.05, 0) is 18.4 Å². The van der Waals surface area contributed by atoms with Crippen molar-refractivity contribution in [1.82, 2.24) is 0 Å². The molecule has 2 unspecified atom stereocenters. The molecule has 1 aliphatic carbocycles. The zero-order chi connectivity index (χ0) is 9.10. The summed E-state index contributed by atoms with van der Waals surface area (Å²) in [6.07, 6.45) is 3.39. The molecule has 0 heterocycles. The smallest absolute Gasteiger partial charge is 0.107 e. The van der Waals surface area contributed by atoms with E-state index in [0.717, 1.165) is 19.3 Å². The second-order valence-corrected chi connectivity index (χ2v) is 3.82. The number of halogens is 1. The van der Waals surface area contributed by atoms with Gasteiger partial charge in [0, 0.05) is 5.92 Å². The molecule has 1 fully saturated rings. The van der Waals surface area contributed by atoms with Crippen LogP contribution in [-0.2, 0) is 0 Å². The quantitative estimate of drug-likeness (QED) is 0.615. The molecule has 1 aliphatic rings. The van der Waals surface area contributed by atoms with Crippen LogP contribution in [-0.4, -0.2) is 6.17 Å². The molecule has 13 heavy (non-hydrogen) atoms. The van der Waals surface area contributed by atoms with Crippen LogP contribution >= 0.6 is 0 Å². The van der Waals surface area contributed by atoms with Gasteiger partial charge in [0.05, 0.1) is 0 Å². The van der Waals surface area contributed by atoms with Gasteiger partial charge in [-0.1, -0.05) is 43.2 Å². The molecule has 0 saturated heterocycles. The standard InChI is InChI=1S/C12H15F/c13-12-9-5-4-8-11(12)10-6-2-1-3-7-10/h1-3,6-7,11-12H,4-5,8-9H2. The fraction of sp³-hybridized carbons (Fsp3) is 0.500. The highest BCUT2D eigenvalue weighted by Crippen LogP contribution is 2.34. The molecule has 2 rings (SSSR count). The Labute approximate surface area is 78.8 Å². The molecule has 0 radical (unpaired) electrons. The van der Waals surface area contributed by atoms with Gasteiger partial charge in [-0.15, -0.1) is 0 Å². The number of hydrogen-bond acceptors (Lipinski definition) is 0. The molecule has 70 valence electrons. The lowest BCUT2D eigenvalue weighted by Gasteiger charge is -2.25. The Balaban J connectivity index is 2.15. The predicted octanol–water partition coefficient (Wildman–Crippen LogP) is 3.68. The molecule has 1 aromatic carbocycles. The minimum atomic E-state index is -0.615. The van der Waals surface area contributed by atoms with Crippen LogP contribution in [0.4, 0.5) is 4.39 Å². The molecule has 0 spiro atoms. The third-order valence-electron chi connectivity index (χ3n) is 2.91. The summed E-state index contributed by atoms with van der Waals surface area (Å²) in [4.78, 5) is 0. The molecule has 0 bridgehead atoms. The highest BCUT2D eigenvalue weighted by molar-refractivity contribution is 5.21. The highest BCUT2D eigenvalue weighted by Gasteiger charge is 2.25. The van der Waals surface area contributed by atoms with Gasteiger partial charge in [-0.2, -0.15) is 0 Å². The Morgan fingerprint density at radius 1 is 1.00 bits per heavy atom. The first-order valence-corrected chi connectivity index (χ1v) is 5.07. The van der Waals surface area contributed by atoms with E-state index in [1.54, 1.807) is 0 Å². The topological polar surface area (TPSA) is 0 Å². The van der Waals surface area contributed by atoms with Crippen molar-refractivity contribution in [2.75, 3.05) is 0 Å². The largest absolute Gasteiger partial charge is 0.247 e. The van der Waals surface area contributed by atoms with E-state index < -0.39 is 6.17 Å². The average molecular weight is 178 g/mol. The zero-order valence-electron chi connectivity index (χ0n) is 7.75. The van der Waals surface area contributed by atoms with Crippen molar-refractivity contribution in [3.8, 4) is 0 Å². The van der Waals surface area contributed by atoms with Crippen LogP contribution in [0.3, 0.4) is 0 Å². The molecule has 1 heteroatoms. The van der Waals surface area contributed by atoms with E-state index >= 15 is 0 Å². The summed E-state index contributed by atoms with van der Waals surface area (Å²) < 4.78 is 13.5. The Hall–Kier alpha value is -0.850. The molecule has 0 aliphatic heterocycles. The van der Waals surface area contributed by atoms with Crippen molar-refractivity contribution >= 4 is 0 Å². The Morgan fingerprint density at radius 2 is 1.69 bits per heavy atom. The lowest BCUT2D eigenvalue weighted by atomic mass is 9.83. The number of hydrogen-bond donors (Lipinski definition) is 0. The summed E-state index contributed by atoms with van der Waals surface area (Å²) in [7, 11) is 0. The number of alkyl halides is 1. The fourth-order valence-corrected chi connectivity index (χ4v) is 2.16. The summed E-state index contributed by atoms with van der Waals surface area (Å²) in [5, 5.41) is 0. The third-order valence-corrected chi connectivity index (χ3v) is 2.91. The van der Waals surface area contributed by atoms with E-state index in [1.807, 2.05) is 30.3 Å². The van der Waals surface area contributed by atoms with E-state index in [4.69, 9.17) is 0 Å². The van der Waals surface area contributed by atoms with Gasteiger partial charge in [0.15, 0.2) is 0 Å². The Morgan fingerprint density at radius 3 is 2.38 bits per heavy atom. The molecule has 0 N–H and O–H groups in total. The average Bonchev–Trinajstić information content (AvgIpc) is 2.20. The lowest BCUT2D eigenvalue weighted by molar-refractivity contribution is 0.216. The van der Waals surface area contributed by atoms with Crippen molar-refractivity contribution < 1.29 is 4.39 Å². The van der Waals surface area contributed by atoms with Crippen LogP contribution in [0.15, 0.2) is 30.3 Å². The highest BCUT2D eigenvalue weighted by atomic mass is 19.1. The van der Waals surface area contributed by atoms with E-state index in [9.17, 15) is 4.39 Å². The minimum absolute atomic E-state index is 0.162. The van der Waals surface area contributed by atoms with Gasteiger partial charge in [0.25, 0.3) is 0 Å². The zero-order valence-corrected chi connectivity index (χ0v) is 7.75. The van der Waals surface area contributed by atoms with Gasteiger partial charge in [0.2, 0.25) is 0 Å². The van der Waals surface area contributed by atoms with E-state index in [1.165, 1.54) is 12.0 Å². The molecular weight excluding hydrogens is 163 g/mol. The third kappa shape index (κ3) is 1.90. The fourth-order valence-electron chi connectivity index (χ4n) is 2.16. The van der Waals surface area contributed by atoms with Gasteiger partial charge in [-0.3, -0.25) is 0 Å². The monoisotopic (exact) mass is 178 g/mol. The van der Waals surface area contributed by atoms with Crippen LogP contribution in [0.1, 0.15) is 37.2 Å². The first kappa shape index (κ1) is 8.74.